The molecule has 1 rings (SSSR count). The van der Waals surface area contributed by atoms with Gasteiger partial charge in [-0.15, -0.1) is 0 Å². The highest BCUT2D eigenvalue weighted by Crippen LogP contribution is 2.12. The van der Waals surface area contributed by atoms with Crippen LogP contribution in [0.25, 0.3) is 0 Å². The molecule has 1 heterocycles. The van der Waals surface area contributed by atoms with Gasteiger partial charge in [0.25, 0.3) is 0 Å². The standard InChI is InChI=1S/C11H14N2O2/c1-4-7(2)12-10-6-9(11(14)15)5-8(3)13-10/h5-6H,2,4H2,1,3H3,(H,12,13)(H,14,15). The van der Waals surface area contributed by atoms with Gasteiger partial charge >= 0.3 is 5.97 Å². The summed E-state index contributed by atoms with van der Waals surface area (Å²) in [5.41, 5.74) is 1.71. The van der Waals surface area contributed by atoms with E-state index in [1.165, 1.54) is 12.1 Å². The van der Waals surface area contributed by atoms with Gasteiger partial charge in [0.1, 0.15) is 5.82 Å². The topological polar surface area (TPSA) is 62.2 Å². The summed E-state index contributed by atoms with van der Waals surface area (Å²) >= 11 is 0. The summed E-state index contributed by atoms with van der Waals surface area (Å²) in [5.74, 6) is -0.426. The molecule has 0 fully saturated rings. The van der Waals surface area contributed by atoms with Crippen LogP contribution in [0.2, 0.25) is 0 Å². The number of allylic oxidation sites excluding steroid dienone is 1. The Morgan fingerprint density at radius 2 is 2.27 bits per heavy atom. The lowest BCUT2D eigenvalue weighted by atomic mass is 10.2. The molecular weight excluding hydrogens is 192 g/mol. The van der Waals surface area contributed by atoms with Gasteiger partial charge in [-0.05, 0) is 25.5 Å². The number of nitrogens with one attached hydrogen (secondary N) is 1. The highest BCUT2D eigenvalue weighted by atomic mass is 16.4. The number of aromatic nitrogens is 1. The molecule has 0 unspecified atom stereocenters. The van der Waals surface area contributed by atoms with Crippen molar-refractivity contribution in [2.45, 2.75) is 20.3 Å². The van der Waals surface area contributed by atoms with Crippen LogP contribution in [0, 0.1) is 6.92 Å². The predicted octanol–water partition coefficient (Wildman–Crippen LogP) is 2.42. The molecule has 0 saturated carbocycles. The smallest absolute Gasteiger partial charge is 0.335 e. The maximum Gasteiger partial charge on any atom is 0.335 e. The highest BCUT2D eigenvalue weighted by molar-refractivity contribution is 5.88. The molecule has 1 aromatic heterocycles. The largest absolute Gasteiger partial charge is 0.478 e. The first-order valence-corrected chi connectivity index (χ1v) is 4.69. The van der Waals surface area contributed by atoms with Crippen LogP contribution in [0.1, 0.15) is 29.4 Å². The predicted molar refractivity (Wildman–Crippen MR) is 59.0 cm³/mol. The van der Waals surface area contributed by atoms with E-state index < -0.39 is 5.97 Å². The third-order valence-electron chi connectivity index (χ3n) is 1.93. The van der Waals surface area contributed by atoms with Crippen molar-refractivity contribution >= 4 is 11.8 Å². The van der Waals surface area contributed by atoms with E-state index in [0.29, 0.717) is 11.5 Å². The maximum atomic E-state index is 10.8. The van der Waals surface area contributed by atoms with Crippen LogP contribution in [0.15, 0.2) is 24.4 Å². The molecule has 0 spiro atoms. The zero-order chi connectivity index (χ0) is 11.4. The molecule has 0 aliphatic heterocycles. The minimum absolute atomic E-state index is 0.230. The number of carbonyl (C=O) groups is 1. The molecule has 0 aliphatic rings. The third kappa shape index (κ3) is 3.09. The minimum Gasteiger partial charge on any atom is -0.478 e. The van der Waals surface area contributed by atoms with Gasteiger partial charge in [0.15, 0.2) is 0 Å². The average Bonchev–Trinajstić information content (AvgIpc) is 2.16. The Bertz CT molecular complexity index is 400. The Morgan fingerprint density at radius 1 is 1.60 bits per heavy atom. The third-order valence-corrected chi connectivity index (χ3v) is 1.93. The number of aromatic carboxylic acids is 1. The number of anilines is 1. The fourth-order valence-corrected chi connectivity index (χ4v) is 1.13. The van der Waals surface area contributed by atoms with Crippen LogP contribution in [0.3, 0.4) is 0 Å². The van der Waals surface area contributed by atoms with Crippen molar-refractivity contribution in [2.24, 2.45) is 0 Å². The molecule has 15 heavy (non-hydrogen) atoms. The Hall–Kier alpha value is -1.84. The molecule has 0 saturated heterocycles. The van der Waals surface area contributed by atoms with E-state index in [4.69, 9.17) is 5.11 Å². The van der Waals surface area contributed by atoms with Gasteiger partial charge in [-0.25, -0.2) is 9.78 Å². The quantitative estimate of drug-likeness (QED) is 0.794. The molecule has 4 nitrogen and oxygen atoms in total. The van der Waals surface area contributed by atoms with Gasteiger partial charge < -0.3 is 10.4 Å². The number of carboxylic acid groups (broad SMARTS) is 1. The van der Waals surface area contributed by atoms with E-state index in [2.05, 4.69) is 16.9 Å². The van der Waals surface area contributed by atoms with E-state index >= 15 is 0 Å². The second-order valence-electron chi connectivity index (χ2n) is 3.27. The van der Waals surface area contributed by atoms with E-state index in [9.17, 15) is 4.79 Å². The van der Waals surface area contributed by atoms with Gasteiger partial charge in [0.2, 0.25) is 0 Å². The summed E-state index contributed by atoms with van der Waals surface area (Å²) in [6.07, 6.45) is 0.776. The minimum atomic E-state index is -0.953. The summed E-state index contributed by atoms with van der Waals surface area (Å²) in [5, 5.41) is 11.8. The Labute approximate surface area is 88.7 Å². The van der Waals surface area contributed by atoms with E-state index in [1.807, 2.05) is 6.92 Å². The molecule has 0 aliphatic carbocycles. The summed E-state index contributed by atoms with van der Waals surface area (Å²) < 4.78 is 0. The fraction of sp³-hybridized carbons (Fsp3) is 0.273. The second kappa shape index (κ2) is 4.59. The van der Waals surface area contributed by atoms with Gasteiger partial charge in [0, 0.05) is 11.4 Å². The van der Waals surface area contributed by atoms with Crippen molar-refractivity contribution in [1.82, 2.24) is 4.98 Å². The van der Waals surface area contributed by atoms with Gasteiger partial charge in [-0.2, -0.15) is 0 Å². The van der Waals surface area contributed by atoms with Crippen molar-refractivity contribution in [3.05, 3.63) is 35.7 Å². The van der Waals surface area contributed by atoms with Crippen molar-refractivity contribution in [1.29, 1.82) is 0 Å². The molecule has 0 bridgehead atoms. The number of nitrogens with zero attached hydrogens (tertiary/aromatic N) is 1. The molecule has 0 radical (unpaired) electrons. The van der Waals surface area contributed by atoms with Crippen LogP contribution in [0.5, 0.6) is 0 Å². The number of hydrogen-bond acceptors (Lipinski definition) is 3. The average molecular weight is 206 g/mol. The van der Waals surface area contributed by atoms with E-state index in [1.54, 1.807) is 6.92 Å². The number of aryl methyl sites for hydroxylation is 1. The monoisotopic (exact) mass is 206 g/mol. The Balaban J connectivity index is 2.98. The van der Waals surface area contributed by atoms with Crippen LogP contribution in [-0.4, -0.2) is 16.1 Å². The van der Waals surface area contributed by atoms with Crippen LogP contribution in [-0.2, 0) is 0 Å². The lowest BCUT2D eigenvalue weighted by Crippen LogP contribution is -2.04. The summed E-state index contributed by atoms with van der Waals surface area (Å²) in [4.78, 5) is 15.0. The van der Waals surface area contributed by atoms with Crippen molar-refractivity contribution in [3.8, 4) is 0 Å². The van der Waals surface area contributed by atoms with E-state index in [0.717, 1.165) is 12.1 Å². The summed E-state index contributed by atoms with van der Waals surface area (Å²) in [7, 11) is 0. The first-order valence-electron chi connectivity index (χ1n) is 4.69. The number of rotatable bonds is 4. The first kappa shape index (κ1) is 11.2. The zero-order valence-electron chi connectivity index (χ0n) is 8.87. The van der Waals surface area contributed by atoms with E-state index in [-0.39, 0.29) is 5.56 Å². The highest BCUT2D eigenvalue weighted by Gasteiger charge is 2.06. The first-order chi connectivity index (χ1) is 7.02. The SMILES string of the molecule is C=C(CC)Nc1cc(C(=O)O)cc(C)n1. The number of pyridine rings is 1. The van der Waals surface area contributed by atoms with Crippen LogP contribution >= 0.6 is 0 Å². The Kier molecular flexibility index (Phi) is 3.44. The molecule has 1 aromatic rings. The lowest BCUT2D eigenvalue weighted by molar-refractivity contribution is 0.0696. The van der Waals surface area contributed by atoms with Crippen molar-refractivity contribution in [3.63, 3.8) is 0 Å². The molecule has 2 N–H and O–H groups in total. The van der Waals surface area contributed by atoms with Crippen LogP contribution in [0.4, 0.5) is 5.82 Å². The van der Waals surface area contributed by atoms with Crippen LogP contribution < -0.4 is 5.32 Å². The maximum absolute atomic E-state index is 10.8. The van der Waals surface area contributed by atoms with Gasteiger partial charge in [-0.3, -0.25) is 0 Å². The van der Waals surface area contributed by atoms with Crippen molar-refractivity contribution < 1.29 is 9.90 Å². The van der Waals surface area contributed by atoms with Crippen molar-refractivity contribution in [2.75, 3.05) is 5.32 Å². The van der Waals surface area contributed by atoms with Gasteiger partial charge in [-0.1, -0.05) is 13.5 Å². The number of carboxylic acids is 1. The second-order valence-corrected chi connectivity index (χ2v) is 3.27. The summed E-state index contributed by atoms with van der Waals surface area (Å²) in [6, 6.07) is 3.03. The molecule has 0 amide bonds. The molecule has 80 valence electrons. The molecular formula is C11H14N2O2. The summed E-state index contributed by atoms with van der Waals surface area (Å²) in [6.45, 7) is 7.49. The molecule has 0 atom stereocenters. The molecule has 0 aromatic carbocycles. The lowest BCUT2D eigenvalue weighted by Gasteiger charge is -2.08. The van der Waals surface area contributed by atoms with Gasteiger partial charge in [0.05, 0.1) is 5.56 Å². The Morgan fingerprint density at radius 3 is 2.80 bits per heavy atom. The normalized spacial score (nSPS) is 9.73. The number of hydrogen-bond donors (Lipinski definition) is 2. The molecule has 4 heteroatoms. The zero-order valence-corrected chi connectivity index (χ0v) is 8.87. The fourth-order valence-electron chi connectivity index (χ4n) is 1.13.